The summed E-state index contributed by atoms with van der Waals surface area (Å²) in [6.45, 7) is 3.62. The van der Waals surface area contributed by atoms with E-state index in [0.717, 1.165) is 38.5 Å². The van der Waals surface area contributed by atoms with Crippen molar-refractivity contribution in [2.45, 2.75) is 69.1 Å². The molecule has 1 unspecified atom stereocenters. The highest BCUT2D eigenvalue weighted by Gasteiger charge is 2.45. The van der Waals surface area contributed by atoms with Gasteiger partial charge in [0.1, 0.15) is 0 Å². The molecule has 114 valence electrons. The Hall–Kier alpha value is -1.26. The number of hydrogen-bond acceptors (Lipinski definition) is 2. The van der Waals surface area contributed by atoms with Crippen LogP contribution in [0.4, 0.5) is 0 Å². The maximum Gasteiger partial charge on any atom is 0.0620 e. The van der Waals surface area contributed by atoms with Gasteiger partial charge in [-0.2, -0.15) is 0 Å². The lowest BCUT2D eigenvalue weighted by Crippen LogP contribution is -2.61. The molecule has 1 aliphatic heterocycles. The lowest BCUT2D eigenvalue weighted by molar-refractivity contribution is 0.00300. The highest BCUT2D eigenvalue weighted by atomic mass is 16.3. The minimum Gasteiger partial charge on any atom is -0.392 e. The van der Waals surface area contributed by atoms with E-state index in [4.69, 9.17) is 6.42 Å². The Balaban J connectivity index is 2.10. The van der Waals surface area contributed by atoms with Gasteiger partial charge in [0, 0.05) is 17.5 Å². The van der Waals surface area contributed by atoms with Crippen LogP contribution in [0.1, 0.15) is 51.4 Å². The van der Waals surface area contributed by atoms with Gasteiger partial charge < -0.3 is 10.4 Å². The van der Waals surface area contributed by atoms with Crippen LogP contribution in [0.2, 0.25) is 0 Å². The zero-order valence-corrected chi connectivity index (χ0v) is 12.9. The van der Waals surface area contributed by atoms with Crippen LogP contribution in [-0.2, 0) is 0 Å². The van der Waals surface area contributed by atoms with E-state index in [1.165, 1.54) is 12.8 Å². The van der Waals surface area contributed by atoms with Crippen molar-refractivity contribution >= 4 is 0 Å². The first-order valence-corrected chi connectivity index (χ1v) is 8.15. The first-order valence-electron chi connectivity index (χ1n) is 8.15. The van der Waals surface area contributed by atoms with Crippen LogP contribution in [0, 0.1) is 18.3 Å². The number of aliphatic hydroxyl groups excluding tert-OH is 1. The van der Waals surface area contributed by atoms with Crippen molar-refractivity contribution in [2.24, 2.45) is 5.92 Å². The predicted molar refractivity (Wildman–Crippen MR) is 87.8 cm³/mol. The van der Waals surface area contributed by atoms with Gasteiger partial charge in [-0.3, -0.25) is 0 Å². The number of allylic oxidation sites excluding steroid dienone is 2. The monoisotopic (exact) mass is 285 g/mol. The number of rotatable bonds is 4. The molecule has 0 aromatic heterocycles. The summed E-state index contributed by atoms with van der Waals surface area (Å²) in [4.78, 5) is 0. The van der Waals surface area contributed by atoms with Gasteiger partial charge in [-0.25, -0.2) is 0 Å². The normalized spacial score (nSPS) is 36.3. The number of nitrogens with one attached hydrogen (secondary N) is 1. The molecule has 1 heterocycles. The SMILES string of the molecule is C#C/C=C\[C@@H]1[C@@H](O)CCCC12CCC[C@H](CCC=C=C)N2. The van der Waals surface area contributed by atoms with Gasteiger partial charge in [0.05, 0.1) is 6.10 Å². The van der Waals surface area contributed by atoms with Gasteiger partial charge >= 0.3 is 0 Å². The van der Waals surface area contributed by atoms with E-state index in [2.05, 4.69) is 23.5 Å². The van der Waals surface area contributed by atoms with E-state index in [-0.39, 0.29) is 17.6 Å². The third kappa shape index (κ3) is 3.89. The lowest BCUT2D eigenvalue weighted by atomic mass is 9.66. The second-order valence-electron chi connectivity index (χ2n) is 6.39. The summed E-state index contributed by atoms with van der Waals surface area (Å²) in [5.41, 5.74) is 2.88. The van der Waals surface area contributed by atoms with E-state index in [0.29, 0.717) is 6.04 Å². The molecular formula is C19H27NO. The summed E-state index contributed by atoms with van der Waals surface area (Å²) in [6.07, 6.45) is 19.7. The Labute approximate surface area is 129 Å². The topological polar surface area (TPSA) is 32.3 Å². The molecule has 1 aliphatic carbocycles. The summed E-state index contributed by atoms with van der Waals surface area (Å²) in [6, 6.07) is 0.524. The fourth-order valence-corrected chi connectivity index (χ4v) is 4.09. The first-order chi connectivity index (χ1) is 10.2. The molecule has 2 rings (SSSR count). The Kier molecular flexibility index (Phi) is 5.88. The van der Waals surface area contributed by atoms with Crippen LogP contribution in [0.15, 0.2) is 30.5 Å². The van der Waals surface area contributed by atoms with Gasteiger partial charge in [0.25, 0.3) is 0 Å². The summed E-state index contributed by atoms with van der Waals surface area (Å²) in [5, 5.41) is 14.3. The molecule has 2 fully saturated rings. The Morgan fingerprint density at radius 1 is 1.33 bits per heavy atom. The Bertz CT molecular complexity index is 451. The minimum atomic E-state index is -0.275. The van der Waals surface area contributed by atoms with Crippen molar-refractivity contribution in [2.75, 3.05) is 0 Å². The van der Waals surface area contributed by atoms with Crippen molar-refractivity contribution in [3.63, 3.8) is 0 Å². The Morgan fingerprint density at radius 2 is 2.10 bits per heavy atom. The largest absolute Gasteiger partial charge is 0.392 e. The molecule has 0 amide bonds. The average molecular weight is 285 g/mol. The van der Waals surface area contributed by atoms with Crippen molar-refractivity contribution in [3.05, 3.63) is 30.5 Å². The van der Waals surface area contributed by atoms with Crippen LogP contribution < -0.4 is 5.32 Å². The second kappa shape index (κ2) is 7.66. The standard InChI is InChI=1S/C19H27NO/c1-3-5-7-10-16-11-8-14-19(20-16)15-9-13-18(21)17(19)12-6-4-2/h2,5-6,12,16-18,20-21H,1,7-11,13-15H2/b12-6-/t16-,17+,18-,19?/m0/s1. The number of terminal acetylenes is 1. The van der Waals surface area contributed by atoms with Gasteiger partial charge in [-0.1, -0.05) is 25.0 Å². The highest BCUT2D eigenvalue weighted by molar-refractivity contribution is 5.17. The van der Waals surface area contributed by atoms with Crippen LogP contribution in [0.3, 0.4) is 0 Å². The van der Waals surface area contributed by atoms with Gasteiger partial charge in [-0.15, -0.1) is 12.2 Å². The zero-order chi connectivity index (χ0) is 15.1. The molecule has 0 bridgehead atoms. The van der Waals surface area contributed by atoms with E-state index in [1.807, 2.05) is 12.2 Å². The molecule has 1 saturated heterocycles. The summed E-state index contributed by atoms with van der Waals surface area (Å²) in [5.74, 6) is 2.71. The quantitative estimate of drug-likeness (QED) is 0.613. The van der Waals surface area contributed by atoms with Crippen LogP contribution in [0.25, 0.3) is 0 Å². The van der Waals surface area contributed by atoms with Crippen molar-refractivity contribution < 1.29 is 5.11 Å². The minimum absolute atomic E-state index is 0.0336. The van der Waals surface area contributed by atoms with E-state index >= 15 is 0 Å². The van der Waals surface area contributed by atoms with Crippen molar-refractivity contribution in [1.82, 2.24) is 5.32 Å². The molecule has 2 N–H and O–H groups in total. The van der Waals surface area contributed by atoms with Gasteiger partial charge in [-0.05, 0) is 57.1 Å². The first kappa shape index (κ1) is 16.1. The lowest BCUT2D eigenvalue weighted by Gasteiger charge is -2.51. The maximum atomic E-state index is 10.4. The van der Waals surface area contributed by atoms with Crippen LogP contribution >= 0.6 is 0 Å². The number of piperidine rings is 1. The number of hydrogen-bond donors (Lipinski definition) is 2. The predicted octanol–water partition coefficient (Wildman–Crippen LogP) is 3.34. The molecule has 1 spiro atoms. The third-order valence-electron chi connectivity index (χ3n) is 5.05. The molecule has 2 heteroatoms. The van der Waals surface area contributed by atoms with Crippen LogP contribution in [0.5, 0.6) is 0 Å². The van der Waals surface area contributed by atoms with Crippen molar-refractivity contribution in [3.8, 4) is 12.3 Å². The van der Waals surface area contributed by atoms with Gasteiger partial charge in [0.2, 0.25) is 0 Å². The smallest absolute Gasteiger partial charge is 0.0620 e. The molecule has 2 nitrogen and oxygen atoms in total. The van der Waals surface area contributed by atoms with E-state index < -0.39 is 0 Å². The molecular weight excluding hydrogens is 258 g/mol. The van der Waals surface area contributed by atoms with E-state index in [1.54, 1.807) is 6.08 Å². The second-order valence-corrected chi connectivity index (χ2v) is 6.39. The van der Waals surface area contributed by atoms with Crippen molar-refractivity contribution in [1.29, 1.82) is 0 Å². The van der Waals surface area contributed by atoms with E-state index in [9.17, 15) is 5.11 Å². The molecule has 2 aliphatic rings. The summed E-state index contributed by atoms with van der Waals surface area (Å²) >= 11 is 0. The fraction of sp³-hybridized carbons (Fsp3) is 0.632. The summed E-state index contributed by atoms with van der Waals surface area (Å²) in [7, 11) is 0. The molecule has 4 atom stereocenters. The molecule has 0 radical (unpaired) electrons. The fourth-order valence-electron chi connectivity index (χ4n) is 4.09. The average Bonchev–Trinajstić information content (AvgIpc) is 2.47. The molecule has 21 heavy (non-hydrogen) atoms. The van der Waals surface area contributed by atoms with Gasteiger partial charge in [0.15, 0.2) is 0 Å². The molecule has 0 aromatic carbocycles. The molecule has 1 saturated carbocycles. The Morgan fingerprint density at radius 3 is 2.81 bits per heavy atom. The maximum absolute atomic E-state index is 10.4. The summed E-state index contributed by atoms with van der Waals surface area (Å²) < 4.78 is 0. The highest BCUT2D eigenvalue weighted by Crippen LogP contribution is 2.41. The van der Waals surface area contributed by atoms with Crippen LogP contribution in [-0.4, -0.2) is 22.8 Å². The zero-order valence-electron chi connectivity index (χ0n) is 12.9. The number of aliphatic hydroxyl groups is 1. The molecule has 0 aromatic rings. The third-order valence-corrected chi connectivity index (χ3v) is 5.05.